The predicted molar refractivity (Wildman–Crippen MR) is 50.7 cm³/mol. The molecule has 0 unspecified atom stereocenters. The number of nitrogens with zero attached hydrogens (tertiary/aromatic N) is 3. The summed E-state index contributed by atoms with van der Waals surface area (Å²) in [6, 6.07) is 0. The second kappa shape index (κ2) is 3.11. The zero-order chi connectivity index (χ0) is 8.55. The van der Waals surface area contributed by atoms with Gasteiger partial charge in [-0.1, -0.05) is 11.9 Å². The fourth-order valence-electron chi connectivity index (χ4n) is 1.47. The van der Waals surface area contributed by atoms with Gasteiger partial charge < -0.3 is 0 Å². The summed E-state index contributed by atoms with van der Waals surface area (Å²) in [6.07, 6.45) is 4.27. The smallest absolute Gasteiger partial charge is 0.0819 e. The first kappa shape index (κ1) is 8.13. The minimum absolute atomic E-state index is 0.978. The second-order valence-electron chi connectivity index (χ2n) is 2.94. The van der Waals surface area contributed by atoms with Crippen molar-refractivity contribution in [1.29, 1.82) is 0 Å². The predicted octanol–water partition coefficient (Wildman–Crippen LogP) is 1.50. The zero-order valence-electron chi connectivity index (χ0n) is 7.45. The van der Waals surface area contributed by atoms with Crippen molar-refractivity contribution in [3.63, 3.8) is 0 Å². The molecule has 0 aromatic carbocycles. The highest BCUT2D eigenvalue weighted by atomic mass is 32.2. The molecule has 12 heavy (non-hydrogen) atoms. The molecule has 2 rings (SSSR count). The van der Waals surface area contributed by atoms with Crippen molar-refractivity contribution in [2.45, 2.75) is 26.6 Å². The lowest BCUT2D eigenvalue weighted by Gasteiger charge is -2.09. The molecule has 0 fully saturated rings. The maximum Gasteiger partial charge on any atom is 0.0819 e. The highest BCUT2D eigenvalue weighted by molar-refractivity contribution is 7.96. The first-order chi connectivity index (χ1) is 5.83. The lowest BCUT2D eigenvalue weighted by Crippen LogP contribution is -2.07. The van der Waals surface area contributed by atoms with Gasteiger partial charge in [0.2, 0.25) is 0 Å². The van der Waals surface area contributed by atoms with Crippen LogP contribution >= 0.6 is 11.9 Å². The quantitative estimate of drug-likeness (QED) is 0.648. The largest absolute Gasteiger partial charge is 0.272 e. The summed E-state index contributed by atoms with van der Waals surface area (Å²) in [7, 11) is 0. The van der Waals surface area contributed by atoms with Gasteiger partial charge in [0.25, 0.3) is 0 Å². The SMILES string of the molecule is CCn1cc2c(n1)CN(SC)C2. The Hall–Kier alpha value is -0.480. The Morgan fingerprint density at radius 3 is 3.00 bits per heavy atom. The van der Waals surface area contributed by atoms with Crippen molar-refractivity contribution < 1.29 is 0 Å². The van der Waals surface area contributed by atoms with Crippen molar-refractivity contribution in [2.75, 3.05) is 6.26 Å². The molecule has 3 nitrogen and oxygen atoms in total. The van der Waals surface area contributed by atoms with E-state index in [-0.39, 0.29) is 0 Å². The number of aromatic nitrogens is 2. The topological polar surface area (TPSA) is 21.1 Å². The minimum atomic E-state index is 0.978. The Balaban J connectivity index is 2.18. The minimum Gasteiger partial charge on any atom is -0.272 e. The van der Waals surface area contributed by atoms with E-state index in [9.17, 15) is 0 Å². The van der Waals surface area contributed by atoms with Crippen molar-refractivity contribution >= 4 is 11.9 Å². The van der Waals surface area contributed by atoms with Gasteiger partial charge in [0.1, 0.15) is 0 Å². The van der Waals surface area contributed by atoms with Gasteiger partial charge in [-0.3, -0.25) is 4.68 Å². The van der Waals surface area contributed by atoms with Crippen LogP contribution in [0.1, 0.15) is 18.2 Å². The van der Waals surface area contributed by atoms with Gasteiger partial charge in [-0.2, -0.15) is 5.10 Å². The van der Waals surface area contributed by atoms with Crippen LogP contribution < -0.4 is 0 Å². The van der Waals surface area contributed by atoms with Gasteiger partial charge in [0, 0.05) is 24.8 Å². The third-order valence-corrected chi connectivity index (χ3v) is 2.95. The van der Waals surface area contributed by atoms with Crippen LogP contribution in [-0.4, -0.2) is 20.3 Å². The molecule has 1 aromatic rings. The van der Waals surface area contributed by atoms with Gasteiger partial charge in [-0.15, -0.1) is 0 Å². The summed E-state index contributed by atoms with van der Waals surface area (Å²) in [6.45, 7) is 5.15. The second-order valence-corrected chi connectivity index (χ2v) is 3.82. The lowest BCUT2D eigenvalue weighted by molar-refractivity contribution is 0.491. The number of hydrogen-bond donors (Lipinski definition) is 0. The molecule has 0 bridgehead atoms. The summed E-state index contributed by atoms with van der Waals surface area (Å²) in [4.78, 5) is 0. The standard InChI is InChI=1S/C8H13N3S/c1-3-10-4-7-5-11(12-2)6-8(7)9-10/h4H,3,5-6H2,1-2H3. The Labute approximate surface area is 76.9 Å². The lowest BCUT2D eigenvalue weighted by atomic mass is 10.3. The maximum atomic E-state index is 4.47. The molecule has 0 saturated heterocycles. The average Bonchev–Trinajstić information content (AvgIpc) is 2.59. The van der Waals surface area contributed by atoms with Crippen molar-refractivity contribution in [3.8, 4) is 0 Å². The van der Waals surface area contributed by atoms with E-state index in [4.69, 9.17) is 0 Å². The first-order valence-electron chi connectivity index (χ1n) is 4.17. The van der Waals surface area contributed by atoms with E-state index in [1.807, 2.05) is 4.68 Å². The summed E-state index contributed by atoms with van der Waals surface area (Å²) < 4.78 is 4.33. The van der Waals surface area contributed by atoms with Gasteiger partial charge >= 0.3 is 0 Å². The van der Waals surface area contributed by atoms with Crippen LogP contribution in [0.25, 0.3) is 0 Å². The molecule has 1 aliphatic heterocycles. The summed E-state index contributed by atoms with van der Waals surface area (Å²) in [5, 5.41) is 4.47. The molecule has 1 aliphatic rings. The van der Waals surface area contributed by atoms with E-state index in [2.05, 4.69) is 28.8 Å². The monoisotopic (exact) mass is 183 g/mol. The molecule has 0 saturated carbocycles. The average molecular weight is 183 g/mol. The molecule has 66 valence electrons. The normalized spacial score (nSPS) is 16.8. The van der Waals surface area contributed by atoms with Crippen LogP contribution in [0.5, 0.6) is 0 Å². The van der Waals surface area contributed by atoms with Crippen LogP contribution in [-0.2, 0) is 19.6 Å². The molecule has 0 N–H and O–H groups in total. The van der Waals surface area contributed by atoms with E-state index < -0.39 is 0 Å². The maximum absolute atomic E-state index is 4.47. The molecule has 4 heteroatoms. The van der Waals surface area contributed by atoms with Gasteiger partial charge in [-0.05, 0) is 13.2 Å². The molecule has 0 radical (unpaired) electrons. The van der Waals surface area contributed by atoms with E-state index in [0.717, 1.165) is 19.6 Å². The van der Waals surface area contributed by atoms with Gasteiger partial charge in [0.15, 0.2) is 0 Å². The number of aryl methyl sites for hydroxylation is 1. The Bertz CT molecular complexity index is 258. The summed E-state index contributed by atoms with van der Waals surface area (Å²) in [5.41, 5.74) is 2.65. The Morgan fingerprint density at radius 2 is 2.42 bits per heavy atom. The van der Waals surface area contributed by atoms with E-state index >= 15 is 0 Å². The molecule has 1 aromatic heterocycles. The highest BCUT2D eigenvalue weighted by Gasteiger charge is 2.21. The van der Waals surface area contributed by atoms with Crippen LogP contribution in [0.4, 0.5) is 0 Å². The molecular formula is C8H13N3S. The zero-order valence-corrected chi connectivity index (χ0v) is 8.27. The number of rotatable bonds is 2. The fourth-order valence-corrected chi connectivity index (χ4v) is 1.99. The van der Waals surface area contributed by atoms with Crippen LogP contribution in [0.2, 0.25) is 0 Å². The molecule has 0 atom stereocenters. The molecule has 0 spiro atoms. The highest BCUT2D eigenvalue weighted by Crippen LogP contribution is 2.25. The fraction of sp³-hybridized carbons (Fsp3) is 0.625. The van der Waals surface area contributed by atoms with Crippen molar-refractivity contribution in [3.05, 3.63) is 17.5 Å². The third kappa shape index (κ3) is 1.25. The van der Waals surface area contributed by atoms with E-state index in [1.165, 1.54) is 11.3 Å². The van der Waals surface area contributed by atoms with Crippen LogP contribution in [0, 0.1) is 0 Å². The number of hydrogen-bond acceptors (Lipinski definition) is 3. The van der Waals surface area contributed by atoms with Crippen molar-refractivity contribution in [2.24, 2.45) is 0 Å². The van der Waals surface area contributed by atoms with Crippen LogP contribution in [0.3, 0.4) is 0 Å². The Kier molecular flexibility index (Phi) is 2.11. The molecule has 0 aliphatic carbocycles. The molecular weight excluding hydrogens is 170 g/mol. The van der Waals surface area contributed by atoms with Gasteiger partial charge in [-0.25, -0.2) is 4.31 Å². The first-order valence-corrected chi connectivity index (χ1v) is 5.36. The van der Waals surface area contributed by atoms with Gasteiger partial charge in [0.05, 0.1) is 12.2 Å². The third-order valence-electron chi connectivity index (χ3n) is 2.18. The molecule has 2 heterocycles. The summed E-state index contributed by atoms with van der Waals surface area (Å²) in [5.74, 6) is 0. The van der Waals surface area contributed by atoms with Crippen molar-refractivity contribution in [1.82, 2.24) is 14.1 Å². The Morgan fingerprint density at radius 1 is 1.58 bits per heavy atom. The molecule has 0 amide bonds. The van der Waals surface area contributed by atoms with E-state index in [1.54, 1.807) is 11.9 Å². The number of fused-ring (bicyclic) bond motifs is 1. The van der Waals surface area contributed by atoms with E-state index in [0.29, 0.717) is 0 Å². The summed E-state index contributed by atoms with van der Waals surface area (Å²) >= 11 is 1.79. The van der Waals surface area contributed by atoms with Crippen LogP contribution in [0.15, 0.2) is 6.20 Å².